The Morgan fingerprint density at radius 2 is 0.875 bits per heavy atom. The molecule has 0 aromatic carbocycles. The lowest BCUT2D eigenvalue weighted by Gasteiger charge is -2.27. The first kappa shape index (κ1) is 46.5. The van der Waals surface area contributed by atoms with Crippen molar-refractivity contribution in [3.8, 4) is 0 Å². The number of carbonyl (C=O) groups excluding carboxylic acids is 1. The van der Waals surface area contributed by atoms with Crippen molar-refractivity contribution in [3.05, 3.63) is 36.5 Å². The van der Waals surface area contributed by atoms with Gasteiger partial charge in [0.1, 0.15) is 12.2 Å². The van der Waals surface area contributed by atoms with E-state index in [2.05, 4.69) is 55.6 Å². The van der Waals surface area contributed by atoms with E-state index in [1.54, 1.807) is 0 Å². The number of rotatable bonds is 36. The fraction of sp³-hybridized carbons (Fsp3) is 0.833. The Bertz CT molecular complexity index is 767. The molecule has 0 fully saturated rings. The van der Waals surface area contributed by atoms with Crippen molar-refractivity contribution in [1.82, 2.24) is 5.32 Å². The van der Waals surface area contributed by atoms with Crippen LogP contribution in [0.15, 0.2) is 36.5 Å². The van der Waals surface area contributed by atoms with E-state index in [0.29, 0.717) is 19.3 Å². The lowest BCUT2D eigenvalue weighted by Crippen LogP contribution is -2.53. The number of amides is 1. The molecule has 0 aromatic rings. The molecule has 6 heteroatoms. The van der Waals surface area contributed by atoms with E-state index >= 15 is 0 Å². The first-order chi connectivity index (χ1) is 23.5. The maximum absolute atomic E-state index is 12.5. The van der Waals surface area contributed by atoms with Crippen LogP contribution in [0.3, 0.4) is 0 Å². The predicted octanol–water partition coefficient (Wildman–Crippen LogP) is 10.2. The highest BCUT2D eigenvalue weighted by molar-refractivity contribution is 5.80. The van der Waals surface area contributed by atoms with Crippen molar-refractivity contribution in [1.29, 1.82) is 0 Å². The van der Waals surface area contributed by atoms with Gasteiger partial charge in [0.05, 0.1) is 18.8 Å². The van der Waals surface area contributed by atoms with Crippen molar-refractivity contribution in [2.24, 2.45) is 0 Å². The minimum absolute atomic E-state index is 0.352. The zero-order valence-corrected chi connectivity index (χ0v) is 31.5. The third-order valence-electron chi connectivity index (χ3n) is 9.30. The van der Waals surface area contributed by atoms with E-state index in [1.165, 1.54) is 103 Å². The van der Waals surface area contributed by atoms with Crippen LogP contribution in [-0.4, -0.2) is 57.3 Å². The maximum atomic E-state index is 12.5. The molecule has 0 aliphatic heterocycles. The average molecular weight is 678 g/mol. The van der Waals surface area contributed by atoms with E-state index in [9.17, 15) is 25.2 Å². The lowest BCUT2D eigenvalue weighted by atomic mass is 10.00. The molecular formula is C42H79NO5. The summed E-state index contributed by atoms with van der Waals surface area (Å²) < 4.78 is 0. The smallest absolute Gasteiger partial charge is 0.249 e. The Labute approximate surface area is 297 Å². The quantitative estimate of drug-likeness (QED) is 0.0335. The fourth-order valence-electron chi connectivity index (χ4n) is 6.00. The van der Waals surface area contributed by atoms with Gasteiger partial charge in [-0.15, -0.1) is 0 Å². The highest BCUT2D eigenvalue weighted by Crippen LogP contribution is 2.14. The number of carbonyl (C=O) groups is 1. The Kier molecular flexibility index (Phi) is 35.7. The van der Waals surface area contributed by atoms with Crippen LogP contribution >= 0.6 is 0 Å². The highest BCUT2D eigenvalue weighted by Gasteiger charge is 2.28. The Morgan fingerprint density at radius 1 is 0.500 bits per heavy atom. The monoisotopic (exact) mass is 678 g/mol. The van der Waals surface area contributed by atoms with E-state index in [1.807, 2.05) is 0 Å². The second-order valence-corrected chi connectivity index (χ2v) is 14.0. The summed E-state index contributed by atoms with van der Waals surface area (Å²) in [4.78, 5) is 12.5. The largest absolute Gasteiger partial charge is 0.394 e. The van der Waals surface area contributed by atoms with Gasteiger partial charge in [-0.3, -0.25) is 4.79 Å². The van der Waals surface area contributed by atoms with Gasteiger partial charge in [0.15, 0.2) is 0 Å². The first-order valence-electron chi connectivity index (χ1n) is 20.4. The third-order valence-corrected chi connectivity index (χ3v) is 9.30. The number of hydrogen-bond donors (Lipinski definition) is 5. The van der Waals surface area contributed by atoms with Crippen molar-refractivity contribution >= 4 is 5.91 Å². The molecule has 0 rings (SSSR count). The summed E-state index contributed by atoms with van der Waals surface area (Å²) in [6.45, 7) is 4.00. The van der Waals surface area contributed by atoms with Crippen LogP contribution in [0, 0.1) is 0 Å². The lowest BCUT2D eigenvalue weighted by molar-refractivity contribution is -0.132. The molecule has 0 bridgehead atoms. The van der Waals surface area contributed by atoms with Crippen LogP contribution < -0.4 is 5.32 Å². The molecule has 0 aliphatic carbocycles. The third kappa shape index (κ3) is 30.6. The normalized spacial score (nSPS) is 14.7. The summed E-state index contributed by atoms with van der Waals surface area (Å²) in [5, 5.41) is 43.5. The van der Waals surface area contributed by atoms with Crippen molar-refractivity contribution in [3.63, 3.8) is 0 Å². The summed E-state index contributed by atoms with van der Waals surface area (Å²) >= 11 is 0. The second kappa shape index (κ2) is 36.8. The number of unbranched alkanes of at least 4 members (excludes halogenated alkanes) is 21. The van der Waals surface area contributed by atoms with Crippen molar-refractivity contribution in [2.45, 2.75) is 218 Å². The molecule has 0 aromatic heterocycles. The van der Waals surface area contributed by atoms with Crippen LogP contribution in [-0.2, 0) is 4.79 Å². The zero-order valence-electron chi connectivity index (χ0n) is 31.5. The Morgan fingerprint density at radius 3 is 1.33 bits per heavy atom. The molecule has 4 atom stereocenters. The summed E-state index contributed by atoms with van der Waals surface area (Å²) in [5.41, 5.74) is 0. The molecule has 0 saturated carbocycles. The van der Waals surface area contributed by atoms with Gasteiger partial charge in [-0.1, -0.05) is 153 Å². The van der Waals surface area contributed by atoms with Crippen LogP contribution in [0.4, 0.5) is 0 Å². The summed E-state index contributed by atoms with van der Waals surface area (Å²) in [7, 11) is 0. The van der Waals surface area contributed by atoms with Crippen LogP contribution in [0.1, 0.15) is 194 Å². The maximum Gasteiger partial charge on any atom is 0.249 e. The fourth-order valence-corrected chi connectivity index (χ4v) is 6.00. The standard InChI is InChI=1S/C42H79NO5/c1-3-5-7-9-11-13-15-17-18-19-20-21-22-24-26-28-30-32-34-36-40(46)42(48)43-38(37-44)41(47)39(45)35-33-31-29-27-25-23-16-14-12-10-8-6-4-2/h14,16,20-21,27,29,38-41,44-47H,3-13,15,17-19,22-26,28,30-37H2,1-2H3,(H,43,48)/b16-14+,21-20-,29-27+. The van der Waals surface area contributed by atoms with Gasteiger partial charge in [-0.25, -0.2) is 0 Å². The number of hydrogen-bond acceptors (Lipinski definition) is 5. The highest BCUT2D eigenvalue weighted by atomic mass is 16.3. The van der Waals surface area contributed by atoms with Gasteiger partial charge >= 0.3 is 0 Å². The van der Waals surface area contributed by atoms with Gasteiger partial charge in [-0.2, -0.15) is 0 Å². The molecule has 282 valence electrons. The molecular weight excluding hydrogens is 598 g/mol. The minimum atomic E-state index is -1.29. The molecule has 0 saturated heterocycles. The van der Waals surface area contributed by atoms with Gasteiger partial charge in [0.2, 0.25) is 5.91 Å². The number of aliphatic hydroxyl groups is 4. The van der Waals surface area contributed by atoms with Crippen molar-refractivity contribution in [2.75, 3.05) is 6.61 Å². The van der Waals surface area contributed by atoms with Crippen molar-refractivity contribution < 1.29 is 25.2 Å². The SMILES string of the molecule is CCCCCC/C=C/CC/C=C/CCCC(O)C(O)C(CO)NC(=O)C(O)CCCCCCCC/C=C\CCCCCCCCCCC. The topological polar surface area (TPSA) is 110 Å². The molecule has 48 heavy (non-hydrogen) atoms. The molecule has 4 unspecified atom stereocenters. The Balaban J connectivity index is 3.83. The van der Waals surface area contributed by atoms with E-state index in [-0.39, 0.29) is 0 Å². The minimum Gasteiger partial charge on any atom is -0.394 e. The molecule has 0 radical (unpaired) electrons. The summed E-state index contributed by atoms with van der Waals surface area (Å²) in [6.07, 6.45) is 41.7. The molecule has 1 amide bonds. The second-order valence-electron chi connectivity index (χ2n) is 14.0. The molecule has 5 N–H and O–H groups in total. The number of allylic oxidation sites excluding steroid dienone is 6. The molecule has 0 spiro atoms. The summed E-state index contributed by atoms with van der Waals surface area (Å²) in [5.74, 6) is -0.604. The number of aliphatic hydroxyl groups excluding tert-OH is 4. The van der Waals surface area contributed by atoms with Gasteiger partial charge < -0.3 is 25.7 Å². The average Bonchev–Trinajstić information content (AvgIpc) is 3.09. The zero-order chi connectivity index (χ0) is 35.3. The predicted molar refractivity (Wildman–Crippen MR) is 205 cm³/mol. The van der Waals surface area contributed by atoms with Gasteiger partial charge in [0.25, 0.3) is 0 Å². The Hall–Kier alpha value is -1.47. The number of nitrogens with one attached hydrogen (secondary N) is 1. The van der Waals surface area contributed by atoms with Crippen LogP contribution in [0.25, 0.3) is 0 Å². The van der Waals surface area contributed by atoms with E-state index in [0.717, 1.165) is 57.8 Å². The molecule has 6 nitrogen and oxygen atoms in total. The van der Waals surface area contributed by atoms with Crippen LogP contribution in [0.2, 0.25) is 0 Å². The summed E-state index contributed by atoms with van der Waals surface area (Å²) in [6, 6.07) is -1.01. The van der Waals surface area contributed by atoms with Crippen LogP contribution in [0.5, 0.6) is 0 Å². The van der Waals surface area contributed by atoms with E-state index in [4.69, 9.17) is 0 Å². The first-order valence-corrected chi connectivity index (χ1v) is 20.4. The van der Waals surface area contributed by atoms with E-state index < -0.39 is 36.9 Å². The molecule has 0 heterocycles. The van der Waals surface area contributed by atoms with Gasteiger partial charge in [0, 0.05) is 0 Å². The molecule has 0 aliphatic rings. The van der Waals surface area contributed by atoms with Gasteiger partial charge in [-0.05, 0) is 77.0 Å².